The summed E-state index contributed by atoms with van der Waals surface area (Å²) in [7, 11) is 0. The molecule has 1 heterocycles. The van der Waals surface area contributed by atoms with Crippen LogP contribution >= 0.6 is 0 Å². The monoisotopic (exact) mass is 324 g/mol. The van der Waals surface area contributed by atoms with Gasteiger partial charge < -0.3 is 9.84 Å². The molecule has 1 aromatic heterocycles. The predicted molar refractivity (Wildman–Crippen MR) is 90.1 cm³/mol. The maximum Gasteiger partial charge on any atom is 0.230 e. The van der Waals surface area contributed by atoms with Crippen LogP contribution < -0.4 is 5.32 Å². The zero-order valence-electron chi connectivity index (χ0n) is 13.5. The molecule has 1 amide bonds. The maximum atomic E-state index is 13.5. The summed E-state index contributed by atoms with van der Waals surface area (Å²) < 4.78 is 18.8. The Hall–Kier alpha value is -2.95. The van der Waals surface area contributed by atoms with Crippen molar-refractivity contribution >= 4 is 11.6 Å². The average Bonchev–Trinajstić information content (AvgIpc) is 3.00. The zero-order chi connectivity index (χ0) is 17.1. The van der Waals surface area contributed by atoms with Crippen LogP contribution in [0.4, 0.5) is 10.1 Å². The molecule has 5 heteroatoms. The number of nitrogens with one attached hydrogen (secondary N) is 1. The van der Waals surface area contributed by atoms with Gasteiger partial charge in [0.1, 0.15) is 5.82 Å². The minimum Gasteiger partial charge on any atom is -0.356 e. The summed E-state index contributed by atoms with van der Waals surface area (Å²) in [5.74, 6) is -0.0166. The van der Waals surface area contributed by atoms with E-state index in [9.17, 15) is 9.18 Å². The van der Waals surface area contributed by atoms with Crippen LogP contribution in [0.25, 0.3) is 11.3 Å². The van der Waals surface area contributed by atoms with E-state index in [2.05, 4.69) is 10.5 Å². The van der Waals surface area contributed by atoms with Crippen LogP contribution in [0.15, 0.2) is 53.1 Å². The van der Waals surface area contributed by atoms with Gasteiger partial charge in [-0.3, -0.25) is 4.79 Å². The number of carbonyl (C=O) groups excluding carboxylic acids is 1. The Labute approximate surface area is 139 Å². The van der Waals surface area contributed by atoms with Gasteiger partial charge in [-0.1, -0.05) is 41.1 Å². The minimum atomic E-state index is -0.351. The van der Waals surface area contributed by atoms with Crippen molar-refractivity contribution in [3.63, 3.8) is 0 Å². The first-order valence-electron chi connectivity index (χ1n) is 7.60. The standard InChI is InChI=1S/C19H17FN2O2/c1-12-3-6-14(7-4-12)18-10-16(22-24-18)11-19(23)21-15-8-5-13(2)17(20)9-15/h3-10H,11H2,1-2H3,(H,21,23). The highest BCUT2D eigenvalue weighted by Gasteiger charge is 2.11. The minimum absolute atomic E-state index is 0.0604. The normalized spacial score (nSPS) is 10.6. The summed E-state index contributed by atoms with van der Waals surface area (Å²) in [6.45, 7) is 3.68. The second-order valence-electron chi connectivity index (χ2n) is 5.74. The van der Waals surface area contributed by atoms with Crippen LogP contribution in [0.2, 0.25) is 0 Å². The third-order valence-corrected chi connectivity index (χ3v) is 3.69. The second-order valence-corrected chi connectivity index (χ2v) is 5.74. The molecule has 2 aromatic carbocycles. The van der Waals surface area contributed by atoms with Gasteiger partial charge in [0, 0.05) is 17.3 Å². The molecule has 3 aromatic rings. The summed E-state index contributed by atoms with van der Waals surface area (Å²) in [6.07, 6.45) is 0.0604. The van der Waals surface area contributed by atoms with Crippen LogP contribution in [0, 0.1) is 19.7 Å². The molecule has 122 valence electrons. The number of anilines is 1. The van der Waals surface area contributed by atoms with Crippen LogP contribution in [0.3, 0.4) is 0 Å². The molecule has 0 bridgehead atoms. The maximum absolute atomic E-state index is 13.5. The van der Waals surface area contributed by atoms with Crippen LogP contribution in [0.5, 0.6) is 0 Å². The highest BCUT2D eigenvalue weighted by molar-refractivity contribution is 5.92. The van der Waals surface area contributed by atoms with Crippen molar-refractivity contribution in [3.05, 3.63) is 71.2 Å². The van der Waals surface area contributed by atoms with Crippen molar-refractivity contribution in [1.82, 2.24) is 5.16 Å². The van der Waals surface area contributed by atoms with E-state index in [4.69, 9.17) is 4.52 Å². The molecule has 0 unspecified atom stereocenters. The van der Waals surface area contributed by atoms with Crippen molar-refractivity contribution < 1.29 is 13.7 Å². The van der Waals surface area contributed by atoms with Gasteiger partial charge >= 0.3 is 0 Å². The lowest BCUT2D eigenvalue weighted by atomic mass is 10.1. The fourth-order valence-corrected chi connectivity index (χ4v) is 2.29. The molecule has 24 heavy (non-hydrogen) atoms. The van der Waals surface area contributed by atoms with E-state index in [0.717, 1.165) is 11.1 Å². The smallest absolute Gasteiger partial charge is 0.230 e. The van der Waals surface area contributed by atoms with Gasteiger partial charge in [0.2, 0.25) is 5.91 Å². The Balaban J connectivity index is 1.66. The predicted octanol–water partition coefficient (Wildman–Crippen LogP) is 4.28. The topological polar surface area (TPSA) is 55.1 Å². The average molecular weight is 324 g/mol. The first-order valence-corrected chi connectivity index (χ1v) is 7.60. The molecule has 0 atom stereocenters. The van der Waals surface area contributed by atoms with E-state index in [1.54, 1.807) is 25.1 Å². The van der Waals surface area contributed by atoms with Crippen molar-refractivity contribution in [2.45, 2.75) is 20.3 Å². The van der Waals surface area contributed by atoms with Gasteiger partial charge in [-0.2, -0.15) is 0 Å². The fraction of sp³-hybridized carbons (Fsp3) is 0.158. The van der Waals surface area contributed by atoms with Crippen LogP contribution in [-0.4, -0.2) is 11.1 Å². The van der Waals surface area contributed by atoms with Gasteiger partial charge in [0.05, 0.1) is 12.1 Å². The highest BCUT2D eigenvalue weighted by Crippen LogP contribution is 2.21. The molecule has 3 rings (SSSR count). The van der Waals surface area contributed by atoms with Gasteiger partial charge in [-0.15, -0.1) is 0 Å². The lowest BCUT2D eigenvalue weighted by molar-refractivity contribution is -0.115. The number of aryl methyl sites for hydroxylation is 2. The first-order chi connectivity index (χ1) is 11.5. The van der Waals surface area contributed by atoms with Crippen LogP contribution in [-0.2, 0) is 11.2 Å². The Bertz CT molecular complexity index is 869. The third-order valence-electron chi connectivity index (χ3n) is 3.69. The van der Waals surface area contributed by atoms with Crippen molar-refractivity contribution in [1.29, 1.82) is 0 Å². The quantitative estimate of drug-likeness (QED) is 0.779. The summed E-state index contributed by atoms with van der Waals surface area (Å²) in [4.78, 5) is 12.1. The Morgan fingerprint density at radius 3 is 2.58 bits per heavy atom. The SMILES string of the molecule is Cc1ccc(-c2cc(CC(=O)Nc3ccc(C)c(F)c3)no2)cc1. The third kappa shape index (κ3) is 3.68. The Morgan fingerprint density at radius 2 is 1.88 bits per heavy atom. The van der Waals surface area contributed by atoms with E-state index < -0.39 is 0 Å². The molecule has 0 spiro atoms. The summed E-state index contributed by atoms with van der Waals surface area (Å²) in [6, 6.07) is 14.2. The summed E-state index contributed by atoms with van der Waals surface area (Å²) in [5, 5.41) is 6.57. The number of hydrogen-bond donors (Lipinski definition) is 1. The number of hydrogen-bond acceptors (Lipinski definition) is 3. The molecule has 0 aliphatic heterocycles. The van der Waals surface area contributed by atoms with E-state index in [0.29, 0.717) is 22.7 Å². The molecular weight excluding hydrogens is 307 g/mol. The van der Waals surface area contributed by atoms with E-state index >= 15 is 0 Å². The van der Waals surface area contributed by atoms with Crippen molar-refractivity contribution in [2.24, 2.45) is 0 Å². The largest absolute Gasteiger partial charge is 0.356 e. The fourth-order valence-electron chi connectivity index (χ4n) is 2.29. The second kappa shape index (κ2) is 6.66. The number of carbonyl (C=O) groups is 1. The number of nitrogens with zero attached hydrogens (tertiary/aromatic N) is 1. The van der Waals surface area contributed by atoms with Gasteiger partial charge in [0.25, 0.3) is 0 Å². The van der Waals surface area contributed by atoms with Crippen molar-refractivity contribution in [2.75, 3.05) is 5.32 Å². The van der Waals surface area contributed by atoms with Crippen molar-refractivity contribution in [3.8, 4) is 11.3 Å². The molecule has 1 N–H and O–H groups in total. The number of aromatic nitrogens is 1. The molecule has 0 saturated heterocycles. The molecular formula is C19H17FN2O2. The van der Waals surface area contributed by atoms with Crippen LogP contribution in [0.1, 0.15) is 16.8 Å². The highest BCUT2D eigenvalue weighted by atomic mass is 19.1. The number of rotatable bonds is 4. The number of halogens is 1. The van der Waals surface area contributed by atoms with E-state index in [1.165, 1.54) is 6.07 Å². The molecule has 0 radical (unpaired) electrons. The Morgan fingerprint density at radius 1 is 1.12 bits per heavy atom. The zero-order valence-corrected chi connectivity index (χ0v) is 13.5. The van der Waals surface area contributed by atoms with Gasteiger partial charge in [-0.25, -0.2) is 4.39 Å². The molecule has 0 aliphatic rings. The molecule has 0 saturated carbocycles. The first kappa shape index (κ1) is 15.9. The van der Waals surface area contributed by atoms with Gasteiger partial charge in [-0.05, 0) is 31.5 Å². The lowest BCUT2D eigenvalue weighted by Crippen LogP contribution is -2.14. The summed E-state index contributed by atoms with van der Waals surface area (Å²) in [5.41, 5.74) is 3.54. The molecule has 4 nitrogen and oxygen atoms in total. The summed E-state index contributed by atoms with van der Waals surface area (Å²) >= 11 is 0. The molecule has 0 fully saturated rings. The van der Waals surface area contributed by atoms with Gasteiger partial charge in [0.15, 0.2) is 5.76 Å². The molecule has 0 aliphatic carbocycles. The Kier molecular flexibility index (Phi) is 4.42. The lowest BCUT2D eigenvalue weighted by Gasteiger charge is -2.05. The van der Waals surface area contributed by atoms with E-state index in [-0.39, 0.29) is 18.1 Å². The number of amides is 1. The number of benzene rings is 2. The van der Waals surface area contributed by atoms with E-state index in [1.807, 2.05) is 31.2 Å².